The lowest BCUT2D eigenvalue weighted by atomic mass is 10.3. The number of esters is 1. The van der Waals surface area contributed by atoms with Gasteiger partial charge in [0.05, 0.1) is 18.1 Å². The van der Waals surface area contributed by atoms with Crippen LogP contribution in [0, 0.1) is 0 Å². The van der Waals surface area contributed by atoms with Crippen molar-refractivity contribution < 1.29 is 39.5 Å². The lowest BCUT2D eigenvalue weighted by Gasteiger charge is -2.06. The lowest BCUT2D eigenvalue weighted by molar-refractivity contribution is -0.145. The minimum Gasteiger partial charge on any atom is -0.464 e. The maximum Gasteiger partial charge on any atom is 0.333 e. The molecule has 0 amide bonds. The molecule has 0 aliphatic carbocycles. The Morgan fingerprint density at radius 1 is 0.833 bits per heavy atom. The maximum absolute atomic E-state index is 11.5. The van der Waals surface area contributed by atoms with Crippen LogP contribution in [-0.4, -0.2) is 59.9 Å². The molecule has 0 aliphatic heterocycles. The minimum atomic E-state index is -3.87. The normalized spacial score (nSPS) is 12.1. The Hall–Kier alpha value is -1.04. The van der Waals surface area contributed by atoms with E-state index in [4.69, 9.17) is 0 Å². The second-order valence-corrected chi connectivity index (χ2v) is 8.55. The number of Topliss-reactive ketones (excluding diaryl/α,β-unsaturated/α-hetero) is 1. The first-order valence-electron chi connectivity index (χ1n) is 7.47. The molecular weight excluding hydrogens is 364 g/mol. The summed E-state index contributed by atoms with van der Waals surface area (Å²) in [6.07, 6.45) is 1.30. The van der Waals surface area contributed by atoms with Gasteiger partial charge in [0, 0.05) is 0 Å². The summed E-state index contributed by atoms with van der Waals surface area (Å²) in [5.74, 6) is -1.79. The molecule has 0 aliphatic rings. The largest absolute Gasteiger partial charge is 0.464 e. The quantitative estimate of drug-likeness (QED) is 0.235. The summed E-state index contributed by atoms with van der Waals surface area (Å²) in [6.45, 7) is 2.03. The van der Waals surface area contributed by atoms with E-state index in [0.29, 0.717) is 12.8 Å². The number of hydrogen-bond donors (Lipinski definition) is 0. The Morgan fingerprint density at radius 3 is 1.79 bits per heavy atom. The van der Waals surface area contributed by atoms with E-state index in [-0.39, 0.29) is 31.0 Å². The van der Waals surface area contributed by atoms with Crippen LogP contribution >= 0.6 is 0 Å². The van der Waals surface area contributed by atoms with E-state index in [1.165, 1.54) is 6.92 Å². The van der Waals surface area contributed by atoms with Gasteiger partial charge in [-0.15, -0.1) is 0 Å². The number of ketones is 1. The third-order valence-corrected chi connectivity index (χ3v) is 5.09. The molecule has 0 aromatic rings. The molecule has 11 heteroatoms. The highest BCUT2D eigenvalue weighted by Gasteiger charge is 2.16. The van der Waals surface area contributed by atoms with Crippen molar-refractivity contribution >= 4 is 32.0 Å². The topological polar surface area (TPSA) is 130 Å². The van der Waals surface area contributed by atoms with E-state index < -0.39 is 45.2 Å². The van der Waals surface area contributed by atoms with Gasteiger partial charge in [-0.1, -0.05) is 13.3 Å². The number of rotatable bonds is 14. The fraction of sp³-hybridized carbons (Fsp3) is 0.846. The van der Waals surface area contributed by atoms with Gasteiger partial charge < -0.3 is 4.74 Å². The SMILES string of the molecule is CCCOC(=O)COS(=O)(=O)CCCCCS(=O)(=O)OCC(C)=O. The standard InChI is InChI=1S/C13H24O9S2/c1-3-7-20-13(15)11-22-24(18,19)9-6-4-5-8-23(16,17)21-10-12(2)14/h3-11H2,1-2H3. The Morgan fingerprint density at radius 2 is 1.33 bits per heavy atom. The zero-order chi connectivity index (χ0) is 18.6. The number of ether oxygens (including phenoxy) is 1. The van der Waals surface area contributed by atoms with Gasteiger partial charge in [-0.05, 0) is 26.2 Å². The van der Waals surface area contributed by atoms with E-state index in [1.54, 1.807) is 6.92 Å². The third-order valence-electron chi connectivity index (χ3n) is 2.55. The van der Waals surface area contributed by atoms with Crippen LogP contribution in [0.15, 0.2) is 0 Å². The number of carbonyl (C=O) groups excluding carboxylic acids is 2. The molecule has 0 N–H and O–H groups in total. The highest BCUT2D eigenvalue weighted by Crippen LogP contribution is 2.05. The van der Waals surface area contributed by atoms with Gasteiger partial charge in [0.15, 0.2) is 12.4 Å². The molecule has 0 heterocycles. The fourth-order valence-corrected chi connectivity index (χ4v) is 3.39. The predicted octanol–water partition coefficient (Wildman–Crippen LogP) is 0.392. The molecule has 0 bridgehead atoms. The summed E-state index contributed by atoms with van der Waals surface area (Å²) in [6, 6.07) is 0. The van der Waals surface area contributed by atoms with Crippen molar-refractivity contribution in [2.45, 2.75) is 39.5 Å². The first-order chi connectivity index (χ1) is 11.1. The first-order valence-corrected chi connectivity index (χ1v) is 10.6. The molecule has 0 saturated heterocycles. The Bertz CT molecular complexity index is 593. The molecule has 0 fully saturated rings. The monoisotopic (exact) mass is 388 g/mol. The van der Waals surface area contributed by atoms with Crippen molar-refractivity contribution in [3.63, 3.8) is 0 Å². The van der Waals surface area contributed by atoms with Crippen LogP contribution in [0.2, 0.25) is 0 Å². The molecule has 0 radical (unpaired) electrons. The number of carbonyl (C=O) groups is 2. The van der Waals surface area contributed by atoms with E-state index in [2.05, 4.69) is 13.1 Å². The molecule has 0 spiro atoms. The second-order valence-electron chi connectivity index (χ2n) is 5.03. The molecule has 0 atom stereocenters. The average Bonchev–Trinajstić information content (AvgIpc) is 2.48. The molecule has 0 aromatic heterocycles. The molecule has 0 unspecified atom stereocenters. The molecular formula is C13H24O9S2. The van der Waals surface area contributed by atoms with Crippen molar-refractivity contribution in [3.8, 4) is 0 Å². The third kappa shape index (κ3) is 13.4. The van der Waals surface area contributed by atoms with Crippen molar-refractivity contribution in [1.82, 2.24) is 0 Å². The summed E-state index contributed by atoms with van der Waals surface area (Å²) in [7, 11) is -7.65. The van der Waals surface area contributed by atoms with Crippen LogP contribution in [0.5, 0.6) is 0 Å². The van der Waals surface area contributed by atoms with Crippen LogP contribution < -0.4 is 0 Å². The van der Waals surface area contributed by atoms with E-state index in [0.717, 1.165) is 0 Å². The minimum absolute atomic E-state index is 0.175. The summed E-state index contributed by atoms with van der Waals surface area (Å²) < 4.78 is 59.5. The second kappa shape index (κ2) is 11.5. The van der Waals surface area contributed by atoms with Crippen molar-refractivity contribution in [2.75, 3.05) is 31.3 Å². The van der Waals surface area contributed by atoms with E-state index in [9.17, 15) is 26.4 Å². The van der Waals surface area contributed by atoms with Crippen molar-refractivity contribution in [1.29, 1.82) is 0 Å². The van der Waals surface area contributed by atoms with Crippen LogP contribution in [0.1, 0.15) is 39.5 Å². The Labute approximate surface area is 142 Å². The van der Waals surface area contributed by atoms with Gasteiger partial charge in [0.25, 0.3) is 20.2 Å². The Kier molecular flexibility index (Phi) is 11.0. The van der Waals surface area contributed by atoms with Gasteiger partial charge in [-0.25, -0.2) is 4.79 Å². The number of hydrogen-bond acceptors (Lipinski definition) is 9. The molecule has 142 valence electrons. The van der Waals surface area contributed by atoms with Gasteiger partial charge in [-0.3, -0.25) is 13.2 Å². The van der Waals surface area contributed by atoms with Gasteiger partial charge >= 0.3 is 5.97 Å². The molecule has 0 saturated carbocycles. The highest BCUT2D eigenvalue weighted by molar-refractivity contribution is 7.87. The lowest BCUT2D eigenvalue weighted by Crippen LogP contribution is -2.19. The van der Waals surface area contributed by atoms with Crippen LogP contribution in [0.25, 0.3) is 0 Å². The van der Waals surface area contributed by atoms with E-state index >= 15 is 0 Å². The highest BCUT2D eigenvalue weighted by atomic mass is 32.2. The first kappa shape index (κ1) is 23.0. The van der Waals surface area contributed by atoms with Gasteiger partial charge in [-0.2, -0.15) is 16.8 Å². The van der Waals surface area contributed by atoms with Crippen LogP contribution in [-0.2, 0) is 42.9 Å². The average molecular weight is 388 g/mol. The number of unbranched alkanes of at least 4 members (excludes halogenated alkanes) is 2. The van der Waals surface area contributed by atoms with Crippen LogP contribution in [0.4, 0.5) is 0 Å². The summed E-state index contributed by atoms with van der Waals surface area (Å²) in [4.78, 5) is 21.8. The zero-order valence-corrected chi connectivity index (χ0v) is 15.5. The molecule has 0 rings (SSSR count). The molecule has 9 nitrogen and oxygen atoms in total. The maximum atomic E-state index is 11.5. The van der Waals surface area contributed by atoms with Gasteiger partial charge in [0.2, 0.25) is 0 Å². The van der Waals surface area contributed by atoms with Gasteiger partial charge in [0.1, 0.15) is 6.61 Å². The summed E-state index contributed by atoms with van der Waals surface area (Å²) in [5.41, 5.74) is 0. The molecule has 24 heavy (non-hydrogen) atoms. The Balaban J connectivity index is 3.93. The summed E-state index contributed by atoms with van der Waals surface area (Å²) in [5, 5.41) is 0. The molecule has 0 aromatic carbocycles. The smallest absolute Gasteiger partial charge is 0.333 e. The zero-order valence-electron chi connectivity index (χ0n) is 13.9. The van der Waals surface area contributed by atoms with Crippen molar-refractivity contribution in [2.24, 2.45) is 0 Å². The summed E-state index contributed by atoms with van der Waals surface area (Å²) >= 11 is 0. The predicted molar refractivity (Wildman–Crippen MR) is 85.3 cm³/mol. The fourth-order valence-electron chi connectivity index (χ4n) is 1.42. The van der Waals surface area contributed by atoms with E-state index in [1.807, 2.05) is 0 Å². The van der Waals surface area contributed by atoms with Crippen LogP contribution in [0.3, 0.4) is 0 Å². The van der Waals surface area contributed by atoms with Crippen molar-refractivity contribution in [3.05, 3.63) is 0 Å².